The van der Waals surface area contributed by atoms with Gasteiger partial charge in [0.05, 0.1) is 11.9 Å². The summed E-state index contributed by atoms with van der Waals surface area (Å²) in [5, 5.41) is 4.22. The molecular formula is C20H23N5O. The van der Waals surface area contributed by atoms with E-state index in [0.29, 0.717) is 17.5 Å². The normalized spacial score (nSPS) is 18.2. The first kappa shape index (κ1) is 16.8. The van der Waals surface area contributed by atoms with Crippen LogP contribution < -0.4 is 0 Å². The minimum atomic E-state index is 0.295. The van der Waals surface area contributed by atoms with Crippen LogP contribution in [0.2, 0.25) is 0 Å². The van der Waals surface area contributed by atoms with E-state index in [4.69, 9.17) is 4.52 Å². The van der Waals surface area contributed by atoms with Crippen LogP contribution >= 0.6 is 0 Å². The SMILES string of the molecule is Cc1cnc(-c2nc([C@H]3CCCN(Cc4ccccc4C)C3)no2)cn1. The van der Waals surface area contributed by atoms with Crippen molar-refractivity contribution >= 4 is 0 Å². The van der Waals surface area contributed by atoms with Crippen LogP contribution in [0.15, 0.2) is 41.2 Å². The molecule has 0 radical (unpaired) electrons. The quantitative estimate of drug-likeness (QED) is 0.718. The van der Waals surface area contributed by atoms with Crippen LogP contribution in [0, 0.1) is 13.8 Å². The molecule has 134 valence electrons. The lowest BCUT2D eigenvalue weighted by atomic mass is 9.96. The molecule has 3 heterocycles. The summed E-state index contributed by atoms with van der Waals surface area (Å²) in [7, 11) is 0. The Hall–Kier alpha value is -2.60. The lowest BCUT2D eigenvalue weighted by Crippen LogP contribution is -2.34. The molecule has 6 nitrogen and oxygen atoms in total. The van der Waals surface area contributed by atoms with Crippen molar-refractivity contribution in [3.05, 3.63) is 59.3 Å². The summed E-state index contributed by atoms with van der Waals surface area (Å²) in [5.41, 5.74) is 4.22. The Balaban J connectivity index is 1.46. The largest absolute Gasteiger partial charge is 0.332 e. The summed E-state index contributed by atoms with van der Waals surface area (Å²) in [4.78, 5) is 15.6. The zero-order valence-corrected chi connectivity index (χ0v) is 15.2. The number of aromatic nitrogens is 4. The number of rotatable bonds is 4. The summed E-state index contributed by atoms with van der Waals surface area (Å²) in [5.74, 6) is 1.52. The van der Waals surface area contributed by atoms with Gasteiger partial charge in [-0.3, -0.25) is 9.88 Å². The van der Waals surface area contributed by atoms with Gasteiger partial charge >= 0.3 is 0 Å². The highest BCUT2D eigenvalue weighted by molar-refractivity contribution is 5.44. The van der Waals surface area contributed by atoms with Gasteiger partial charge in [-0.15, -0.1) is 0 Å². The molecule has 0 saturated carbocycles. The van der Waals surface area contributed by atoms with Gasteiger partial charge in [-0.05, 0) is 44.4 Å². The standard InChI is InChI=1S/C20H23N5O/c1-14-6-3-4-7-16(14)12-25-9-5-8-17(13-25)19-23-20(26-24-19)18-11-21-15(2)10-22-18/h3-4,6-7,10-11,17H,5,8-9,12-13H2,1-2H3/t17-/m0/s1. The fourth-order valence-corrected chi connectivity index (χ4v) is 3.45. The lowest BCUT2D eigenvalue weighted by molar-refractivity contribution is 0.194. The van der Waals surface area contributed by atoms with Crippen molar-refractivity contribution in [2.24, 2.45) is 0 Å². The maximum Gasteiger partial charge on any atom is 0.278 e. The minimum Gasteiger partial charge on any atom is -0.332 e. The fraction of sp³-hybridized carbons (Fsp3) is 0.400. The van der Waals surface area contributed by atoms with E-state index < -0.39 is 0 Å². The van der Waals surface area contributed by atoms with Crippen molar-refractivity contribution in [2.45, 2.75) is 39.2 Å². The second kappa shape index (κ2) is 7.33. The molecular weight excluding hydrogens is 326 g/mol. The average Bonchev–Trinajstić information content (AvgIpc) is 3.15. The third-order valence-electron chi connectivity index (χ3n) is 4.97. The van der Waals surface area contributed by atoms with E-state index in [2.05, 4.69) is 56.2 Å². The molecule has 1 aliphatic rings. The van der Waals surface area contributed by atoms with Gasteiger partial charge < -0.3 is 4.52 Å². The summed E-state index contributed by atoms with van der Waals surface area (Å²) in [6.45, 7) is 7.11. The molecule has 3 aromatic rings. The zero-order chi connectivity index (χ0) is 17.9. The van der Waals surface area contributed by atoms with E-state index in [9.17, 15) is 0 Å². The van der Waals surface area contributed by atoms with E-state index in [0.717, 1.165) is 44.0 Å². The second-order valence-electron chi connectivity index (χ2n) is 7.00. The van der Waals surface area contributed by atoms with Gasteiger partial charge in [0.25, 0.3) is 5.89 Å². The summed E-state index contributed by atoms with van der Waals surface area (Å²) >= 11 is 0. The van der Waals surface area contributed by atoms with Crippen LogP contribution in [-0.4, -0.2) is 38.1 Å². The Bertz CT molecular complexity index is 874. The molecule has 0 bridgehead atoms. The minimum absolute atomic E-state index is 0.295. The van der Waals surface area contributed by atoms with Crippen LogP contribution in [0.5, 0.6) is 0 Å². The Morgan fingerprint density at radius 3 is 2.85 bits per heavy atom. The van der Waals surface area contributed by atoms with Crippen LogP contribution in [-0.2, 0) is 6.54 Å². The molecule has 2 aromatic heterocycles. The van der Waals surface area contributed by atoms with Crippen molar-refractivity contribution in [3.63, 3.8) is 0 Å². The molecule has 1 saturated heterocycles. The van der Waals surface area contributed by atoms with Crippen molar-refractivity contribution in [1.29, 1.82) is 0 Å². The predicted molar refractivity (Wildman–Crippen MR) is 98.5 cm³/mol. The smallest absolute Gasteiger partial charge is 0.278 e. The van der Waals surface area contributed by atoms with Gasteiger partial charge in [-0.1, -0.05) is 29.4 Å². The van der Waals surface area contributed by atoms with Gasteiger partial charge in [0.2, 0.25) is 0 Å². The van der Waals surface area contributed by atoms with Gasteiger partial charge in [0, 0.05) is 25.2 Å². The Morgan fingerprint density at radius 1 is 1.15 bits per heavy atom. The van der Waals surface area contributed by atoms with Crippen molar-refractivity contribution in [2.75, 3.05) is 13.1 Å². The molecule has 26 heavy (non-hydrogen) atoms. The highest BCUT2D eigenvalue weighted by atomic mass is 16.5. The van der Waals surface area contributed by atoms with Crippen LogP contribution in [0.25, 0.3) is 11.6 Å². The molecule has 1 atom stereocenters. The fourth-order valence-electron chi connectivity index (χ4n) is 3.45. The summed E-state index contributed by atoms with van der Waals surface area (Å²) in [6, 6.07) is 8.58. The number of hydrogen-bond donors (Lipinski definition) is 0. The lowest BCUT2D eigenvalue weighted by Gasteiger charge is -2.31. The first-order valence-corrected chi connectivity index (χ1v) is 9.08. The number of likely N-dealkylation sites (tertiary alicyclic amines) is 1. The predicted octanol–water partition coefficient (Wildman–Crippen LogP) is 3.52. The number of piperidine rings is 1. The number of nitrogens with zero attached hydrogens (tertiary/aromatic N) is 5. The molecule has 0 aliphatic carbocycles. The second-order valence-corrected chi connectivity index (χ2v) is 7.00. The first-order chi connectivity index (χ1) is 12.7. The topological polar surface area (TPSA) is 67.9 Å². The molecule has 0 spiro atoms. The first-order valence-electron chi connectivity index (χ1n) is 9.08. The van der Waals surface area contributed by atoms with Crippen LogP contribution in [0.1, 0.15) is 41.4 Å². The van der Waals surface area contributed by atoms with Gasteiger partial charge in [0.15, 0.2) is 5.82 Å². The summed E-state index contributed by atoms with van der Waals surface area (Å²) in [6.07, 6.45) is 5.62. The van der Waals surface area contributed by atoms with Crippen molar-refractivity contribution in [1.82, 2.24) is 25.0 Å². The molecule has 1 aromatic carbocycles. The maximum absolute atomic E-state index is 5.43. The monoisotopic (exact) mass is 349 g/mol. The number of aryl methyl sites for hydroxylation is 2. The molecule has 0 unspecified atom stereocenters. The van der Waals surface area contributed by atoms with Gasteiger partial charge in [0.1, 0.15) is 5.69 Å². The summed E-state index contributed by atoms with van der Waals surface area (Å²) < 4.78 is 5.43. The molecule has 4 rings (SSSR count). The van der Waals surface area contributed by atoms with Crippen molar-refractivity contribution < 1.29 is 4.52 Å². The third-order valence-corrected chi connectivity index (χ3v) is 4.97. The number of hydrogen-bond acceptors (Lipinski definition) is 6. The van der Waals surface area contributed by atoms with E-state index in [1.807, 2.05) is 6.92 Å². The molecule has 6 heteroatoms. The van der Waals surface area contributed by atoms with E-state index >= 15 is 0 Å². The average molecular weight is 349 g/mol. The Kier molecular flexibility index (Phi) is 4.75. The molecule has 0 N–H and O–H groups in total. The van der Waals surface area contributed by atoms with E-state index in [-0.39, 0.29) is 0 Å². The molecule has 1 fully saturated rings. The van der Waals surface area contributed by atoms with Crippen LogP contribution in [0.3, 0.4) is 0 Å². The van der Waals surface area contributed by atoms with E-state index in [1.54, 1.807) is 12.4 Å². The highest BCUT2D eigenvalue weighted by Crippen LogP contribution is 2.27. The third kappa shape index (κ3) is 3.65. The number of benzene rings is 1. The van der Waals surface area contributed by atoms with Gasteiger partial charge in [-0.2, -0.15) is 4.98 Å². The van der Waals surface area contributed by atoms with E-state index in [1.165, 1.54) is 11.1 Å². The van der Waals surface area contributed by atoms with Crippen LogP contribution in [0.4, 0.5) is 0 Å². The van der Waals surface area contributed by atoms with Crippen molar-refractivity contribution in [3.8, 4) is 11.6 Å². The Labute approximate surface area is 153 Å². The highest BCUT2D eigenvalue weighted by Gasteiger charge is 2.26. The molecule has 1 aliphatic heterocycles. The maximum atomic E-state index is 5.43. The van der Waals surface area contributed by atoms with Gasteiger partial charge in [-0.25, -0.2) is 4.98 Å². The Morgan fingerprint density at radius 2 is 2.04 bits per heavy atom. The molecule has 0 amide bonds. The zero-order valence-electron chi connectivity index (χ0n) is 15.2.